The summed E-state index contributed by atoms with van der Waals surface area (Å²) in [7, 11) is 1.91. The summed E-state index contributed by atoms with van der Waals surface area (Å²) in [6, 6.07) is 5.38. The van der Waals surface area contributed by atoms with Crippen molar-refractivity contribution in [1.82, 2.24) is 10.2 Å². The van der Waals surface area contributed by atoms with Crippen molar-refractivity contribution in [1.29, 1.82) is 0 Å². The average Bonchev–Trinajstić information content (AvgIpc) is 2.61. The van der Waals surface area contributed by atoms with Crippen LogP contribution in [0.5, 0.6) is 0 Å². The van der Waals surface area contributed by atoms with Gasteiger partial charge in [0.05, 0.1) is 0 Å². The van der Waals surface area contributed by atoms with Gasteiger partial charge in [-0.2, -0.15) is 0 Å². The molecule has 0 amide bonds. The van der Waals surface area contributed by atoms with Crippen molar-refractivity contribution >= 4 is 5.69 Å². The van der Waals surface area contributed by atoms with Gasteiger partial charge in [0.2, 0.25) is 0 Å². The molecule has 1 N–H and O–H groups in total. The van der Waals surface area contributed by atoms with Gasteiger partial charge < -0.3 is 15.1 Å². The molecule has 1 aliphatic rings. The lowest BCUT2D eigenvalue weighted by molar-refractivity contribution is 0.0166. The van der Waals surface area contributed by atoms with Crippen LogP contribution in [-0.4, -0.2) is 38.1 Å². The maximum atomic E-state index is 14.1. The first-order valence-corrected chi connectivity index (χ1v) is 9.32. The number of nitrogens with one attached hydrogen (secondary N) is 1. The van der Waals surface area contributed by atoms with Crippen LogP contribution in [0.3, 0.4) is 0 Å². The van der Waals surface area contributed by atoms with Crippen molar-refractivity contribution in [3.63, 3.8) is 0 Å². The summed E-state index contributed by atoms with van der Waals surface area (Å²) in [5.41, 5.74) is 3.55. The molecule has 26 heavy (non-hydrogen) atoms. The highest BCUT2D eigenvalue weighted by Crippen LogP contribution is 2.34. The van der Waals surface area contributed by atoms with E-state index in [9.17, 15) is 8.78 Å². The van der Waals surface area contributed by atoms with Crippen LogP contribution in [0.4, 0.5) is 14.5 Å². The number of allylic oxidation sites excluding steroid dienone is 2. The Morgan fingerprint density at radius 1 is 1.35 bits per heavy atom. The van der Waals surface area contributed by atoms with Crippen molar-refractivity contribution < 1.29 is 8.78 Å². The second-order valence-corrected chi connectivity index (χ2v) is 7.05. The van der Waals surface area contributed by atoms with Gasteiger partial charge in [-0.25, -0.2) is 8.78 Å². The zero-order chi connectivity index (χ0) is 19.3. The van der Waals surface area contributed by atoms with Crippen LogP contribution in [0.1, 0.15) is 38.3 Å². The van der Waals surface area contributed by atoms with Gasteiger partial charge in [0.1, 0.15) is 0 Å². The maximum absolute atomic E-state index is 14.1. The molecule has 1 aromatic carbocycles. The number of rotatable bonds is 7. The molecular formula is C21H31F2N3. The molecule has 0 bridgehead atoms. The van der Waals surface area contributed by atoms with E-state index in [0.717, 1.165) is 62.2 Å². The topological polar surface area (TPSA) is 18.5 Å². The fraction of sp³-hybridized carbons (Fsp3) is 0.524. The first-order valence-electron chi connectivity index (χ1n) is 9.32. The second kappa shape index (κ2) is 8.67. The molecule has 0 aliphatic carbocycles. The molecule has 0 spiro atoms. The number of piperazine rings is 1. The van der Waals surface area contributed by atoms with Crippen LogP contribution in [0, 0.1) is 0 Å². The highest BCUT2D eigenvalue weighted by Gasteiger charge is 2.28. The molecule has 0 aromatic heterocycles. The van der Waals surface area contributed by atoms with E-state index in [0.29, 0.717) is 6.42 Å². The fourth-order valence-corrected chi connectivity index (χ4v) is 3.25. The largest absolute Gasteiger partial charge is 0.369 e. The third-order valence-corrected chi connectivity index (χ3v) is 4.90. The molecule has 0 saturated carbocycles. The molecule has 1 aromatic rings. The summed E-state index contributed by atoms with van der Waals surface area (Å²) in [6.45, 7) is 12.9. The van der Waals surface area contributed by atoms with Crippen LogP contribution < -0.4 is 10.2 Å². The SMILES string of the molecule is C=C(/C=C(/C)N(C)c1ccc(CCC)c(C(C)(F)F)c1)N1CCNCC1. The Hall–Kier alpha value is -1.88. The number of hydrogen-bond acceptors (Lipinski definition) is 3. The smallest absolute Gasteiger partial charge is 0.270 e. The minimum absolute atomic E-state index is 0.123. The van der Waals surface area contributed by atoms with Gasteiger partial charge in [0.25, 0.3) is 5.92 Å². The Morgan fingerprint density at radius 3 is 2.58 bits per heavy atom. The fourth-order valence-electron chi connectivity index (χ4n) is 3.25. The first kappa shape index (κ1) is 20.4. The predicted octanol–water partition coefficient (Wildman–Crippen LogP) is 4.51. The van der Waals surface area contributed by atoms with Crippen LogP contribution in [0.2, 0.25) is 0 Å². The van der Waals surface area contributed by atoms with Crippen LogP contribution in [0.25, 0.3) is 0 Å². The van der Waals surface area contributed by atoms with E-state index in [1.165, 1.54) is 0 Å². The molecular weight excluding hydrogens is 332 g/mol. The quantitative estimate of drug-likeness (QED) is 0.719. The van der Waals surface area contributed by atoms with Crippen molar-refractivity contribution in [3.05, 3.63) is 53.4 Å². The number of anilines is 1. The second-order valence-electron chi connectivity index (χ2n) is 7.05. The van der Waals surface area contributed by atoms with E-state index in [-0.39, 0.29) is 5.56 Å². The Balaban J connectivity index is 2.23. The van der Waals surface area contributed by atoms with Gasteiger partial charge in [0.15, 0.2) is 0 Å². The Kier molecular flexibility index (Phi) is 6.81. The summed E-state index contributed by atoms with van der Waals surface area (Å²) in [5, 5.41) is 3.32. The Bertz CT molecular complexity index is 656. The summed E-state index contributed by atoms with van der Waals surface area (Å²) in [5.74, 6) is -2.84. The number of aryl methyl sites for hydroxylation is 1. The van der Waals surface area contributed by atoms with Gasteiger partial charge >= 0.3 is 0 Å². The molecule has 1 saturated heterocycles. The maximum Gasteiger partial charge on any atom is 0.270 e. The number of benzene rings is 1. The van der Waals surface area contributed by atoms with Crippen molar-refractivity contribution in [2.75, 3.05) is 38.1 Å². The molecule has 144 valence electrons. The van der Waals surface area contributed by atoms with Crippen molar-refractivity contribution in [2.24, 2.45) is 0 Å². The van der Waals surface area contributed by atoms with E-state index >= 15 is 0 Å². The number of alkyl halides is 2. The lowest BCUT2D eigenvalue weighted by atomic mass is 9.98. The van der Waals surface area contributed by atoms with E-state index in [4.69, 9.17) is 0 Å². The van der Waals surface area contributed by atoms with Gasteiger partial charge in [0, 0.05) is 62.8 Å². The standard InChI is InChI=1S/C21H31F2N3/c1-6-7-18-8-9-19(15-20(18)21(4,22)23)25(5)16(2)14-17(3)26-12-10-24-11-13-26/h8-9,14-15,24H,3,6-7,10-13H2,1-2,4-5H3/b16-14-. The van der Waals surface area contributed by atoms with Crippen molar-refractivity contribution in [2.45, 2.75) is 39.5 Å². The monoisotopic (exact) mass is 363 g/mol. The normalized spacial score (nSPS) is 15.9. The minimum Gasteiger partial charge on any atom is -0.369 e. The molecule has 3 nitrogen and oxygen atoms in total. The van der Waals surface area contributed by atoms with Gasteiger partial charge in [-0.05, 0) is 37.1 Å². The van der Waals surface area contributed by atoms with E-state index < -0.39 is 5.92 Å². The molecule has 2 rings (SSSR count). The zero-order valence-electron chi connectivity index (χ0n) is 16.4. The molecule has 0 radical (unpaired) electrons. The predicted molar refractivity (Wildman–Crippen MR) is 106 cm³/mol. The molecule has 0 atom stereocenters. The molecule has 5 heteroatoms. The van der Waals surface area contributed by atoms with Gasteiger partial charge in [-0.15, -0.1) is 0 Å². The van der Waals surface area contributed by atoms with Crippen LogP contribution in [0.15, 0.2) is 42.2 Å². The minimum atomic E-state index is -2.84. The third kappa shape index (κ3) is 5.07. The number of nitrogens with zero attached hydrogens (tertiary/aromatic N) is 2. The molecule has 0 unspecified atom stereocenters. The molecule has 1 aliphatic heterocycles. The first-order chi connectivity index (χ1) is 12.2. The van der Waals surface area contributed by atoms with E-state index in [2.05, 4.69) is 16.8 Å². The number of halogens is 2. The summed E-state index contributed by atoms with van der Waals surface area (Å²) >= 11 is 0. The average molecular weight is 363 g/mol. The summed E-state index contributed by atoms with van der Waals surface area (Å²) < 4.78 is 28.2. The lowest BCUT2D eigenvalue weighted by Gasteiger charge is -2.31. The van der Waals surface area contributed by atoms with Crippen LogP contribution >= 0.6 is 0 Å². The molecule has 1 fully saturated rings. The van der Waals surface area contributed by atoms with E-state index in [1.54, 1.807) is 6.07 Å². The Morgan fingerprint density at radius 2 is 2.00 bits per heavy atom. The van der Waals surface area contributed by atoms with Gasteiger partial charge in [-0.1, -0.05) is 26.0 Å². The third-order valence-electron chi connectivity index (χ3n) is 4.90. The summed E-state index contributed by atoms with van der Waals surface area (Å²) in [6.07, 6.45) is 3.54. The molecule has 1 heterocycles. The summed E-state index contributed by atoms with van der Waals surface area (Å²) in [4.78, 5) is 4.18. The van der Waals surface area contributed by atoms with Crippen molar-refractivity contribution in [3.8, 4) is 0 Å². The van der Waals surface area contributed by atoms with Gasteiger partial charge in [-0.3, -0.25) is 0 Å². The number of hydrogen-bond donors (Lipinski definition) is 1. The Labute approximate surface area is 156 Å². The zero-order valence-corrected chi connectivity index (χ0v) is 16.4. The van der Waals surface area contributed by atoms with E-state index in [1.807, 2.05) is 44.0 Å². The lowest BCUT2D eigenvalue weighted by Crippen LogP contribution is -2.42. The highest BCUT2D eigenvalue weighted by molar-refractivity contribution is 5.56. The van der Waals surface area contributed by atoms with Crippen LogP contribution in [-0.2, 0) is 12.3 Å². The highest BCUT2D eigenvalue weighted by atomic mass is 19.3.